The molecule has 1 heterocycles. The van der Waals surface area contributed by atoms with Crippen molar-refractivity contribution in [1.82, 2.24) is 4.90 Å². The molecule has 19 heavy (non-hydrogen) atoms. The summed E-state index contributed by atoms with van der Waals surface area (Å²) in [7, 11) is 0. The number of phenolic OH excluding ortho intramolecular Hbond substituents is 1. The van der Waals surface area contributed by atoms with Gasteiger partial charge in [-0.05, 0) is 31.9 Å². The number of carbonyl (C=O) groups excluding carboxylic acids is 1. The highest BCUT2D eigenvalue weighted by Crippen LogP contribution is 2.24. The molecule has 5 nitrogen and oxygen atoms in total. The Morgan fingerprint density at radius 2 is 2.11 bits per heavy atom. The molecule has 0 radical (unpaired) electrons. The first-order valence-corrected chi connectivity index (χ1v) is 6.31. The number of benzene rings is 1. The Kier molecular flexibility index (Phi) is 3.74. The Morgan fingerprint density at radius 3 is 2.79 bits per heavy atom. The van der Waals surface area contributed by atoms with E-state index in [-0.39, 0.29) is 18.2 Å². The van der Waals surface area contributed by atoms with Gasteiger partial charge in [-0.1, -0.05) is 6.07 Å². The fraction of sp³-hybridized carbons (Fsp3) is 0.429. The molecular weight excluding hydrogens is 246 g/mol. The molecule has 2 N–H and O–H groups in total. The minimum Gasteiger partial charge on any atom is -0.508 e. The summed E-state index contributed by atoms with van der Waals surface area (Å²) in [4.78, 5) is 24.9. The van der Waals surface area contributed by atoms with E-state index in [0.29, 0.717) is 30.5 Å². The number of aromatic hydroxyl groups is 1. The molecule has 5 heteroatoms. The summed E-state index contributed by atoms with van der Waals surface area (Å²) in [5.41, 5.74) is 0.969. The zero-order valence-corrected chi connectivity index (χ0v) is 10.8. The van der Waals surface area contributed by atoms with Crippen LogP contribution < -0.4 is 0 Å². The third-order valence-corrected chi connectivity index (χ3v) is 3.59. The summed E-state index contributed by atoms with van der Waals surface area (Å²) >= 11 is 0. The van der Waals surface area contributed by atoms with Crippen molar-refractivity contribution in [2.24, 2.45) is 5.92 Å². The first-order valence-electron chi connectivity index (χ1n) is 6.31. The smallest absolute Gasteiger partial charge is 0.308 e. The number of carboxylic acids is 1. The largest absolute Gasteiger partial charge is 0.508 e. The number of carbonyl (C=O) groups is 2. The average molecular weight is 263 g/mol. The van der Waals surface area contributed by atoms with Gasteiger partial charge in [0.05, 0.1) is 5.92 Å². The van der Waals surface area contributed by atoms with Gasteiger partial charge < -0.3 is 15.1 Å². The summed E-state index contributed by atoms with van der Waals surface area (Å²) in [5, 5.41) is 18.7. The molecule has 0 unspecified atom stereocenters. The molecule has 0 bridgehead atoms. The molecule has 1 aliphatic heterocycles. The third kappa shape index (κ3) is 2.70. The predicted octanol–water partition coefficient (Wildman–Crippen LogP) is 1.64. The van der Waals surface area contributed by atoms with Crippen LogP contribution in [0.15, 0.2) is 18.2 Å². The van der Waals surface area contributed by atoms with Crippen molar-refractivity contribution in [2.45, 2.75) is 19.8 Å². The van der Waals surface area contributed by atoms with E-state index in [4.69, 9.17) is 5.11 Å². The van der Waals surface area contributed by atoms with Crippen molar-refractivity contribution in [2.75, 3.05) is 13.1 Å². The first kappa shape index (κ1) is 13.4. The fourth-order valence-electron chi connectivity index (χ4n) is 2.39. The molecule has 1 amide bonds. The highest BCUT2D eigenvalue weighted by atomic mass is 16.4. The number of likely N-dealkylation sites (tertiary alicyclic amines) is 1. The molecule has 0 aliphatic carbocycles. The number of phenols is 1. The molecule has 1 aliphatic rings. The van der Waals surface area contributed by atoms with Gasteiger partial charge in [0.25, 0.3) is 5.91 Å². The van der Waals surface area contributed by atoms with Gasteiger partial charge in [0.15, 0.2) is 0 Å². The first-order chi connectivity index (χ1) is 9.00. The fourth-order valence-corrected chi connectivity index (χ4v) is 2.39. The molecule has 1 aromatic rings. The van der Waals surface area contributed by atoms with Crippen LogP contribution in [0, 0.1) is 12.8 Å². The lowest BCUT2D eigenvalue weighted by molar-refractivity contribution is -0.143. The molecule has 2 rings (SSSR count). The standard InChI is InChI=1S/C14H17NO4/c1-9-11(5-2-6-12(9)16)13(17)15-7-3-4-10(8-15)14(18)19/h2,5-6,10,16H,3-4,7-8H2,1H3,(H,18,19)/t10-/m0/s1. The van der Waals surface area contributed by atoms with Gasteiger partial charge in [-0.15, -0.1) is 0 Å². The minimum atomic E-state index is -0.856. The maximum absolute atomic E-state index is 12.4. The number of nitrogens with zero attached hydrogens (tertiary/aromatic N) is 1. The van der Waals surface area contributed by atoms with Crippen molar-refractivity contribution in [3.63, 3.8) is 0 Å². The highest BCUT2D eigenvalue weighted by molar-refractivity contribution is 5.96. The Bertz CT molecular complexity index is 512. The van der Waals surface area contributed by atoms with Gasteiger partial charge in [-0.25, -0.2) is 0 Å². The zero-order chi connectivity index (χ0) is 14.0. The van der Waals surface area contributed by atoms with Crippen molar-refractivity contribution < 1.29 is 19.8 Å². The number of amides is 1. The van der Waals surface area contributed by atoms with Crippen LogP contribution in [0.2, 0.25) is 0 Å². The number of hydrogen-bond acceptors (Lipinski definition) is 3. The lowest BCUT2D eigenvalue weighted by Crippen LogP contribution is -2.42. The van der Waals surface area contributed by atoms with Crippen LogP contribution in [-0.2, 0) is 4.79 Å². The Balaban J connectivity index is 2.19. The maximum atomic E-state index is 12.4. The zero-order valence-electron chi connectivity index (χ0n) is 10.8. The van der Waals surface area contributed by atoms with Gasteiger partial charge >= 0.3 is 5.97 Å². The van der Waals surface area contributed by atoms with Crippen LogP contribution in [0.4, 0.5) is 0 Å². The van der Waals surface area contributed by atoms with Crippen molar-refractivity contribution >= 4 is 11.9 Å². The van der Waals surface area contributed by atoms with Gasteiger partial charge in [0.2, 0.25) is 0 Å². The lowest BCUT2D eigenvalue weighted by atomic mass is 9.97. The highest BCUT2D eigenvalue weighted by Gasteiger charge is 2.29. The van der Waals surface area contributed by atoms with Crippen LogP contribution in [0.5, 0.6) is 5.75 Å². The molecule has 0 saturated carbocycles. The van der Waals surface area contributed by atoms with Crippen LogP contribution in [-0.4, -0.2) is 40.1 Å². The average Bonchev–Trinajstić information content (AvgIpc) is 2.41. The number of carboxylic acid groups (broad SMARTS) is 1. The summed E-state index contributed by atoms with van der Waals surface area (Å²) in [6.45, 7) is 2.49. The Morgan fingerprint density at radius 1 is 1.37 bits per heavy atom. The van der Waals surface area contributed by atoms with E-state index in [1.54, 1.807) is 24.0 Å². The second-order valence-electron chi connectivity index (χ2n) is 4.88. The quantitative estimate of drug-likeness (QED) is 0.850. The molecular formula is C14H17NO4. The second kappa shape index (κ2) is 5.30. The molecule has 1 aromatic carbocycles. The number of hydrogen-bond donors (Lipinski definition) is 2. The van der Waals surface area contributed by atoms with Gasteiger partial charge in [0, 0.05) is 24.2 Å². The number of aliphatic carboxylic acids is 1. The molecule has 0 spiro atoms. The van der Waals surface area contributed by atoms with Gasteiger partial charge in [-0.3, -0.25) is 9.59 Å². The van der Waals surface area contributed by atoms with Crippen molar-refractivity contribution in [1.29, 1.82) is 0 Å². The Labute approximate surface area is 111 Å². The van der Waals surface area contributed by atoms with E-state index in [2.05, 4.69) is 0 Å². The minimum absolute atomic E-state index is 0.0812. The van der Waals surface area contributed by atoms with Crippen molar-refractivity contribution in [3.8, 4) is 5.75 Å². The van der Waals surface area contributed by atoms with Crippen LogP contribution in [0.1, 0.15) is 28.8 Å². The Hall–Kier alpha value is -2.04. The summed E-state index contributed by atoms with van der Waals surface area (Å²) in [5.74, 6) is -1.47. The van der Waals surface area contributed by atoms with Gasteiger partial charge in [0.1, 0.15) is 5.75 Å². The van der Waals surface area contributed by atoms with E-state index in [1.165, 1.54) is 6.07 Å². The van der Waals surface area contributed by atoms with E-state index in [1.807, 2.05) is 0 Å². The lowest BCUT2D eigenvalue weighted by Gasteiger charge is -2.31. The maximum Gasteiger partial charge on any atom is 0.308 e. The SMILES string of the molecule is Cc1c(O)cccc1C(=O)N1CCC[C@H](C(=O)O)C1. The third-order valence-electron chi connectivity index (χ3n) is 3.59. The van der Waals surface area contributed by atoms with E-state index in [9.17, 15) is 14.7 Å². The molecule has 1 atom stereocenters. The molecule has 0 aromatic heterocycles. The van der Waals surface area contributed by atoms with Crippen molar-refractivity contribution in [3.05, 3.63) is 29.3 Å². The monoisotopic (exact) mass is 263 g/mol. The number of rotatable bonds is 2. The van der Waals surface area contributed by atoms with Crippen LogP contribution in [0.3, 0.4) is 0 Å². The number of piperidine rings is 1. The van der Waals surface area contributed by atoms with E-state index >= 15 is 0 Å². The molecule has 102 valence electrons. The topological polar surface area (TPSA) is 77.8 Å². The second-order valence-corrected chi connectivity index (χ2v) is 4.88. The summed E-state index contributed by atoms with van der Waals surface area (Å²) < 4.78 is 0. The molecule has 1 fully saturated rings. The van der Waals surface area contributed by atoms with E-state index in [0.717, 1.165) is 0 Å². The van der Waals surface area contributed by atoms with Crippen LogP contribution in [0.25, 0.3) is 0 Å². The normalized spacial score (nSPS) is 19.2. The van der Waals surface area contributed by atoms with Gasteiger partial charge in [-0.2, -0.15) is 0 Å². The summed E-state index contributed by atoms with van der Waals surface area (Å²) in [6.07, 6.45) is 1.30. The van der Waals surface area contributed by atoms with E-state index < -0.39 is 11.9 Å². The summed E-state index contributed by atoms with van der Waals surface area (Å²) in [6, 6.07) is 4.80. The molecule has 1 saturated heterocycles. The van der Waals surface area contributed by atoms with Crippen LogP contribution >= 0.6 is 0 Å². The predicted molar refractivity (Wildman–Crippen MR) is 69.1 cm³/mol.